The van der Waals surface area contributed by atoms with E-state index in [1.54, 1.807) is 22.7 Å². The lowest BCUT2D eigenvalue weighted by molar-refractivity contribution is -0.138. The number of hydrogen-bond acceptors (Lipinski definition) is 3. The summed E-state index contributed by atoms with van der Waals surface area (Å²) in [5, 5.41) is 9.24. The third-order valence-electron chi connectivity index (χ3n) is 2.10. The Balaban J connectivity index is 2.64. The predicted molar refractivity (Wildman–Crippen MR) is 54.8 cm³/mol. The Kier molecular flexibility index (Phi) is 2.34. The molecule has 0 bridgehead atoms. The molecule has 0 radical (unpaired) electrons. The first kappa shape index (κ1) is 9.95. The molecule has 2 heterocycles. The highest BCUT2D eigenvalue weighted by atomic mass is 35.5. The van der Waals surface area contributed by atoms with Gasteiger partial charge in [0.05, 0.1) is 16.9 Å². The minimum absolute atomic E-state index is 0.403. The van der Waals surface area contributed by atoms with Crippen LogP contribution >= 0.6 is 11.6 Å². The van der Waals surface area contributed by atoms with Gasteiger partial charge in [0.1, 0.15) is 6.04 Å². The van der Waals surface area contributed by atoms with Gasteiger partial charge in [-0.05, 0) is 12.1 Å². The van der Waals surface area contributed by atoms with Gasteiger partial charge in [-0.15, -0.1) is 0 Å². The van der Waals surface area contributed by atoms with E-state index >= 15 is 0 Å². The molecule has 78 valence electrons. The normalized spacial score (nSPS) is 12.9. The first-order chi connectivity index (χ1) is 7.11. The van der Waals surface area contributed by atoms with Crippen LogP contribution in [-0.2, 0) is 4.79 Å². The molecule has 0 aromatic carbocycles. The van der Waals surface area contributed by atoms with E-state index in [2.05, 4.69) is 4.98 Å². The Morgan fingerprint density at radius 1 is 1.67 bits per heavy atom. The van der Waals surface area contributed by atoms with Crippen LogP contribution in [0.1, 0.15) is 11.7 Å². The zero-order chi connectivity index (χ0) is 11.0. The van der Waals surface area contributed by atoms with Gasteiger partial charge in [0.15, 0.2) is 5.65 Å². The lowest BCUT2D eigenvalue weighted by atomic mass is 10.2. The zero-order valence-corrected chi connectivity index (χ0v) is 8.35. The minimum atomic E-state index is -1.10. The second kappa shape index (κ2) is 3.52. The molecule has 6 heteroatoms. The molecular weight excluding hydrogens is 218 g/mol. The Morgan fingerprint density at radius 3 is 3.07 bits per heavy atom. The van der Waals surface area contributed by atoms with Crippen LogP contribution in [0.15, 0.2) is 24.5 Å². The molecule has 1 atom stereocenters. The van der Waals surface area contributed by atoms with Crippen molar-refractivity contribution in [2.45, 2.75) is 6.04 Å². The van der Waals surface area contributed by atoms with Gasteiger partial charge >= 0.3 is 5.97 Å². The lowest BCUT2D eigenvalue weighted by Gasteiger charge is -2.05. The minimum Gasteiger partial charge on any atom is -0.480 e. The Labute approximate surface area is 90.1 Å². The van der Waals surface area contributed by atoms with Crippen LogP contribution in [0.25, 0.3) is 5.65 Å². The van der Waals surface area contributed by atoms with Crippen molar-refractivity contribution in [3.8, 4) is 0 Å². The number of aromatic nitrogens is 2. The maximum absolute atomic E-state index is 10.7. The molecular formula is C9H8ClN3O2. The van der Waals surface area contributed by atoms with Crippen molar-refractivity contribution in [2.75, 3.05) is 0 Å². The molecule has 0 aliphatic carbocycles. The fraction of sp³-hybridized carbons (Fsp3) is 0.111. The Bertz CT molecular complexity index is 523. The highest BCUT2D eigenvalue weighted by Crippen LogP contribution is 2.19. The van der Waals surface area contributed by atoms with Crippen molar-refractivity contribution in [1.82, 2.24) is 9.38 Å². The molecule has 5 nitrogen and oxygen atoms in total. The number of carboxylic acids is 1. The molecule has 15 heavy (non-hydrogen) atoms. The monoisotopic (exact) mass is 225 g/mol. The van der Waals surface area contributed by atoms with Gasteiger partial charge in [0.25, 0.3) is 0 Å². The maximum Gasteiger partial charge on any atom is 0.326 e. The Hall–Kier alpha value is -1.59. The van der Waals surface area contributed by atoms with Gasteiger partial charge < -0.3 is 15.2 Å². The molecule has 0 aliphatic rings. The number of pyridine rings is 1. The van der Waals surface area contributed by atoms with Crippen LogP contribution in [0.3, 0.4) is 0 Å². The SMILES string of the molecule is NC(C(=O)O)c1cnc2c(Cl)cccn12. The summed E-state index contributed by atoms with van der Waals surface area (Å²) >= 11 is 5.88. The van der Waals surface area contributed by atoms with Gasteiger partial charge in [-0.2, -0.15) is 0 Å². The first-order valence-corrected chi connectivity index (χ1v) is 4.59. The molecule has 0 amide bonds. The van der Waals surface area contributed by atoms with E-state index in [-0.39, 0.29) is 0 Å². The van der Waals surface area contributed by atoms with E-state index in [9.17, 15) is 4.79 Å². The molecule has 2 aromatic rings. The number of nitrogens with zero attached hydrogens (tertiary/aromatic N) is 2. The number of rotatable bonds is 2. The molecule has 0 saturated heterocycles. The number of imidazole rings is 1. The largest absolute Gasteiger partial charge is 0.480 e. The van der Waals surface area contributed by atoms with E-state index in [1.807, 2.05) is 0 Å². The van der Waals surface area contributed by atoms with Crippen LogP contribution in [-0.4, -0.2) is 20.5 Å². The van der Waals surface area contributed by atoms with Crippen molar-refractivity contribution in [3.05, 3.63) is 35.2 Å². The number of hydrogen-bond donors (Lipinski definition) is 2. The quantitative estimate of drug-likeness (QED) is 0.801. The van der Waals surface area contributed by atoms with Crippen molar-refractivity contribution in [2.24, 2.45) is 5.73 Å². The van der Waals surface area contributed by atoms with E-state index in [4.69, 9.17) is 22.4 Å². The van der Waals surface area contributed by atoms with Crippen molar-refractivity contribution >= 4 is 23.2 Å². The summed E-state index contributed by atoms with van der Waals surface area (Å²) in [6, 6.07) is 2.29. The number of nitrogens with two attached hydrogens (primary N) is 1. The number of fused-ring (bicyclic) bond motifs is 1. The molecule has 0 aliphatic heterocycles. The van der Waals surface area contributed by atoms with Crippen LogP contribution in [0.2, 0.25) is 5.02 Å². The van der Waals surface area contributed by atoms with Crippen molar-refractivity contribution < 1.29 is 9.90 Å². The summed E-state index contributed by atoms with van der Waals surface area (Å²) in [7, 11) is 0. The van der Waals surface area contributed by atoms with Gasteiger partial charge in [-0.3, -0.25) is 4.79 Å². The molecule has 0 fully saturated rings. The predicted octanol–water partition coefficient (Wildman–Crippen LogP) is 1.07. The van der Waals surface area contributed by atoms with E-state index in [1.165, 1.54) is 6.20 Å². The maximum atomic E-state index is 10.7. The van der Waals surface area contributed by atoms with Gasteiger partial charge in [0.2, 0.25) is 0 Å². The van der Waals surface area contributed by atoms with Crippen LogP contribution in [0, 0.1) is 0 Å². The fourth-order valence-electron chi connectivity index (χ4n) is 1.35. The number of carboxylic acid groups (broad SMARTS) is 1. The number of halogens is 1. The molecule has 0 spiro atoms. The van der Waals surface area contributed by atoms with Crippen LogP contribution in [0.5, 0.6) is 0 Å². The summed E-state index contributed by atoms with van der Waals surface area (Å²) in [4.78, 5) is 14.7. The topological polar surface area (TPSA) is 80.6 Å². The van der Waals surface area contributed by atoms with Gasteiger partial charge in [-0.1, -0.05) is 11.6 Å². The molecule has 2 rings (SSSR count). The summed E-state index contributed by atoms with van der Waals surface area (Å²) in [6.07, 6.45) is 3.09. The van der Waals surface area contributed by atoms with Crippen LogP contribution < -0.4 is 5.73 Å². The Morgan fingerprint density at radius 2 is 2.40 bits per heavy atom. The molecule has 0 saturated carbocycles. The van der Waals surface area contributed by atoms with Crippen molar-refractivity contribution in [3.63, 3.8) is 0 Å². The van der Waals surface area contributed by atoms with Crippen LogP contribution in [0.4, 0.5) is 0 Å². The third-order valence-corrected chi connectivity index (χ3v) is 2.40. The van der Waals surface area contributed by atoms with Crippen molar-refractivity contribution in [1.29, 1.82) is 0 Å². The standard InChI is InChI=1S/C9H8ClN3O2/c10-5-2-1-3-13-6(4-12-8(5)13)7(11)9(14)15/h1-4,7H,11H2,(H,14,15). The second-order valence-electron chi connectivity index (χ2n) is 3.05. The average molecular weight is 226 g/mol. The summed E-state index contributed by atoms with van der Waals surface area (Å²) in [5.41, 5.74) is 6.40. The lowest BCUT2D eigenvalue weighted by Crippen LogP contribution is -2.22. The third kappa shape index (κ3) is 1.55. The summed E-state index contributed by atoms with van der Waals surface area (Å²) < 4.78 is 1.57. The summed E-state index contributed by atoms with van der Waals surface area (Å²) in [5.74, 6) is -1.10. The summed E-state index contributed by atoms with van der Waals surface area (Å²) in [6.45, 7) is 0. The van der Waals surface area contributed by atoms with Gasteiger partial charge in [-0.25, -0.2) is 4.98 Å². The molecule has 1 unspecified atom stereocenters. The van der Waals surface area contributed by atoms with Gasteiger partial charge in [0, 0.05) is 6.20 Å². The average Bonchev–Trinajstić information content (AvgIpc) is 2.61. The highest BCUT2D eigenvalue weighted by molar-refractivity contribution is 6.33. The number of carbonyl (C=O) groups is 1. The fourth-order valence-corrected chi connectivity index (χ4v) is 1.56. The van der Waals surface area contributed by atoms with E-state index < -0.39 is 12.0 Å². The zero-order valence-electron chi connectivity index (χ0n) is 7.59. The highest BCUT2D eigenvalue weighted by Gasteiger charge is 2.19. The first-order valence-electron chi connectivity index (χ1n) is 4.21. The smallest absolute Gasteiger partial charge is 0.326 e. The number of aliphatic carboxylic acids is 1. The second-order valence-corrected chi connectivity index (χ2v) is 3.46. The molecule has 2 aromatic heterocycles. The van der Waals surface area contributed by atoms with E-state index in [0.29, 0.717) is 16.4 Å². The van der Waals surface area contributed by atoms with E-state index in [0.717, 1.165) is 0 Å². The molecule has 3 N–H and O–H groups in total.